The van der Waals surface area contributed by atoms with Gasteiger partial charge in [0.25, 0.3) is 0 Å². The number of ether oxygens (including phenoxy) is 2. The van der Waals surface area contributed by atoms with E-state index in [9.17, 15) is 9.59 Å². The first-order valence-corrected chi connectivity index (χ1v) is 6.97. The van der Waals surface area contributed by atoms with E-state index in [1.807, 2.05) is 0 Å². The number of carboxylic acids is 2. The van der Waals surface area contributed by atoms with E-state index in [0.717, 1.165) is 32.1 Å². The van der Waals surface area contributed by atoms with Gasteiger partial charge in [-0.05, 0) is 37.8 Å². The smallest absolute Gasteiger partial charge is 0.336 e. The fraction of sp³-hybridized carbons (Fsp3) is 0.467. The second-order valence-corrected chi connectivity index (χ2v) is 5.59. The van der Waals surface area contributed by atoms with E-state index in [0.29, 0.717) is 18.1 Å². The number of hydrogen-bond acceptors (Lipinski definition) is 4. The first-order chi connectivity index (χ1) is 10.0. The highest BCUT2D eigenvalue weighted by Crippen LogP contribution is 2.42. The molecule has 0 atom stereocenters. The molecule has 1 aliphatic carbocycles. The number of hydrogen-bond donors (Lipinski definition) is 2. The van der Waals surface area contributed by atoms with Crippen LogP contribution in [-0.2, 0) is 0 Å². The average molecular weight is 292 g/mol. The monoisotopic (exact) mass is 292 g/mol. The van der Waals surface area contributed by atoms with Gasteiger partial charge in [-0.25, -0.2) is 9.59 Å². The summed E-state index contributed by atoms with van der Waals surface area (Å²) >= 11 is 0. The van der Waals surface area contributed by atoms with Crippen molar-refractivity contribution in [3.63, 3.8) is 0 Å². The van der Waals surface area contributed by atoms with Crippen LogP contribution in [-0.4, -0.2) is 34.4 Å². The quantitative estimate of drug-likeness (QED) is 0.870. The Labute approximate surface area is 121 Å². The van der Waals surface area contributed by atoms with E-state index in [-0.39, 0.29) is 11.1 Å². The number of aromatic carboxylic acids is 2. The number of carboxylic acid groups (broad SMARTS) is 2. The molecule has 0 amide bonds. The van der Waals surface area contributed by atoms with Crippen LogP contribution in [0.15, 0.2) is 12.1 Å². The van der Waals surface area contributed by atoms with Gasteiger partial charge in [0.05, 0.1) is 11.1 Å². The average Bonchev–Trinajstić information content (AvgIpc) is 2.46. The summed E-state index contributed by atoms with van der Waals surface area (Å²) in [6, 6.07) is 2.49. The van der Waals surface area contributed by atoms with Gasteiger partial charge in [0.15, 0.2) is 11.5 Å². The molecule has 1 aliphatic heterocycles. The zero-order valence-electron chi connectivity index (χ0n) is 11.4. The summed E-state index contributed by atoms with van der Waals surface area (Å²) in [5, 5.41) is 18.3. The van der Waals surface area contributed by atoms with Crippen LogP contribution in [0.4, 0.5) is 0 Å². The van der Waals surface area contributed by atoms with E-state index in [1.165, 1.54) is 12.1 Å². The Bertz CT molecular complexity index is 600. The van der Waals surface area contributed by atoms with Crippen molar-refractivity contribution < 1.29 is 29.3 Å². The molecule has 1 saturated carbocycles. The van der Waals surface area contributed by atoms with Gasteiger partial charge in [-0.3, -0.25) is 0 Å². The minimum absolute atomic E-state index is 0.280. The van der Waals surface area contributed by atoms with Gasteiger partial charge >= 0.3 is 11.9 Å². The normalized spacial score (nSPS) is 19.2. The molecule has 0 bridgehead atoms. The van der Waals surface area contributed by atoms with E-state index in [4.69, 9.17) is 19.7 Å². The molecule has 21 heavy (non-hydrogen) atoms. The first kappa shape index (κ1) is 13.7. The molecule has 1 aromatic rings. The minimum Gasteiger partial charge on any atom is -0.485 e. The van der Waals surface area contributed by atoms with E-state index in [1.54, 1.807) is 0 Å². The van der Waals surface area contributed by atoms with Crippen LogP contribution in [0.2, 0.25) is 0 Å². The third kappa shape index (κ3) is 2.41. The predicted octanol–water partition coefficient (Wildman–Crippen LogP) is 2.56. The zero-order chi connectivity index (χ0) is 15.0. The van der Waals surface area contributed by atoms with Crippen LogP contribution in [0, 0.1) is 0 Å². The van der Waals surface area contributed by atoms with E-state index < -0.39 is 17.5 Å². The lowest BCUT2D eigenvalue weighted by molar-refractivity contribution is -0.0352. The molecule has 0 saturated heterocycles. The van der Waals surface area contributed by atoms with Crippen molar-refractivity contribution in [1.29, 1.82) is 0 Å². The van der Waals surface area contributed by atoms with Gasteiger partial charge in [0.2, 0.25) is 0 Å². The van der Waals surface area contributed by atoms with Crippen molar-refractivity contribution in [2.24, 2.45) is 0 Å². The molecule has 112 valence electrons. The Morgan fingerprint density at radius 2 is 1.52 bits per heavy atom. The van der Waals surface area contributed by atoms with Crippen LogP contribution in [0.5, 0.6) is 11.5 Å². The molecule has 1 aromatic carbocycles. The van der Waals surface area contributed by atoms with Crippen molar-refractivity contribution in [1.82, 2.24) is 0 Å². The fourth-order valence-electron chi connectivity index (χ4n) is 3.02. The molecule has 2 aliphatic rings. The maximum absolute atomic E-state index is 11.2. The van der Waals surface area contributed by atoms with Crippen molar-refractivity contribution in [2.75, 3.05) is 6.61 Å². The molecular formula is C15H16O6. The SMILES string of the molecule is O=C(O)c1cc2c(cc1C(=O)O)OC1(CCCCC1)CO2. The molecule has 3 rings (SSSR count). The summed E-state index contributed by atoms with van der Waals surface area (Å²) < 4.78 is 11.7. The maximum atomic E-state index is 11.2. The van der Waals surface area contributed by atoms with Crippen molar-refractivity contribution in [3.05, 3.63) is 23.3 Å². The molecule has 1 fully saturated rings. The molecule has 0 aromatic heterocycles. The van der Waals surface area contributed by atoms with Crippen LogP contribution in [0.3, 0.4) is 0 Å². The zero-order valence-corrected chi connectivity index (χ0v) is 11.4. The van der Waals surface area contributed by atoms with Crippen LogP contribution >= 0.6 is 0 Å². The Morgan fingerprint density at radius 1 is 0.952 bits per heavy atom. The standard InChI is InChI=1S/C15H16O6/c16-13(17)9-6-11-12(7-10(9)14(18)19)21-15(8-20-11)4-2-1-3-5-15/h6-7H,1-5,8H2,(H,16,17)(H,18,19). The Morgan fingerprint density at radius 3 is 2.10 bits per heavy atom. The van der Waals surface area contributed by atoms with Gasteiger partial charge in [-0.1, -0.05) is 6.42 Å². The highest BCUT2D eigenvalue weighted by molar-refractivity contribution is 6.02. The molecule has 2 N–H and O–H groups in total. The maximum Gasteiger partial charge on any atom is 0.336 e. The Balaban J connectivity index is 2.00. The summed E-state index contributed by atoms with van der Waals surface area (Å²) in [6.45, 7) is 0.380. The summed E-state index contributed by atoms with van der Waals surface area (Å²) in [6.07, 6.45) is 5.01. The van der Waals surface area contributed by atoms with Gasteiger partial charge in [0.1, 0.15) is 12.2 Å². The highest BCUT2D eigenvalue weighted by Gasteiger charge is 2.39. The first-order valence-electron chi connectivity index (χ1n) is 6.97. The lowest BCUT2D eigenvalue weighted by atomic mass is 9.84. The number of fused-ring (bicyclic) bond motifs is 1. The predicted molar refractivity (Wildman–Crippen MR) is 72.3 cm³/mol. The summed E-state index contributed by atoms with van der Waals surface area (Å²) in [4.78, 5) is 22.4. The second-order valence-electron chi connectivity index (χ2n) is 5.59. The van der Waals surface area contributed by atoms with Crippen LogP contribution < -0.4 is 9.47 Å². The summed E-state index contributed by atoms with van der Waals surface area (Å²) in [5.74, 6) is -1.96. The third-order valence-electron chi connectivity index (χ3n) is 4.13. The van der Waals surface area contributed by atoms with Gasteiger partial charge in [-0.2, -0.15) is 0 Å². The number of benzene rings is 1. The van der Waals surface area contributed by atoms with E-state index in [2.05, 4.69) is 0 Å². The Hall–Kier alpha value is -2.24. The number of rotatable bonds is 2. The number of carbonyl (C=O) groups is 2. The van der Waals surface area contributed by atoms with E-state index >= 15 is 0 Å². The third-order valence-corrected chi connectivity index (χ3v) is 4.13. The Kier molecular flexibility index (Phi) is 3.23. The summed E-state index contributed by atoms with van der Waals surface area (Å²) in [5.41, 5.74) is -0.965. The summed E-state index contributed by atoms with van der Waals surface area (Å²) in [7, 11) is 0. The molecule has 0 unspecified atom stereocenters. The molecule has 1 heterocycles. The van der Waals surface area contributed by atoms with Gasteiger partial charge in [0, 0.05) is 0 Å². The fourth-order valence-corrected chi connectivity index (χ4v) is 3.02. The van der Waals surface area contributed by atoms with Crippen molar-refractivity contribution >= 4 is 11.9 Å². The second kappa shape index (κ2) is 4.95. The minimum atomic E-state index is -1.29. The topological polar surface area (TPSA) is 93.1 Å². The van der Waals surface area contributed by atoms with Crippen molar-refractivity contribution in [2.45, 2.75) is 37.7 Å². The molecule has 0 radical (unpaired) electrons. The largest absolute Gasteiger partial charge is 0.485 e. The molecule has 6 nitrogen and oxygen atoms in total. The molecule has 1 spiro atoms. The van der Waals surface area contributed by atoms with Crippen LogP contribution in [0.1, 0.15) is 52.8 Å². The lowest BCUT2D eigenvalue weighted by Crippen LogP contribution is -2.46. The van der Waals surface area contributed by atoms with Crippen molar-refractivity contribution in [3.8, 4) is 11.5 Å². The highest BCUT2D eigenvalue weighted by atomic mass is 16.6. The van der Waals surface area contributed by atoms with Gasteiger partial charge < -0.3 is 19.7 Å². The molecule has 6 heteroatoms. The molecular weight excluding hydrogens is 276 g/mol. The lowest BCUT2D eigenvalue weighted by Gasteiger charge is -2.41. The van der Waals surface area contributed by atoms with Crippen LogP contribution in [0.25, 0.3) is 0 Å². The van der Waals surface area contributed by atoms with Gasteiger partial charge in [-0.15, -0.1) is 0 Å².